The number of hydrogen-bond donors (Lipinski definition) is 5. The highest BCUT2D eigenvalue weighted by Gasteiger charge is 2.51. The maximum atomic E-state index is 13.6. The van der Waals surface area contributed by atoms with E-state index in [0.717, 1.165) is 36.3 Å². The quantitative estimate of drug-likeness (QED) is 0.103. The molecule has 0 bridgehead atoms. The van der Waals surface area contributed by atoms with Crippen LogP contribution in [0.5, 0.6) is 5.75 Å². The van der Waals surface area contributed by atoms with E-state index in [0.29, 0.717) is 39.1 Å². The number of nitrogens with one attached hydrogen (secondary N) is 3. The van der Waals surface area contributed by atoms with Gasteiger partial charge in [0.2, 0.25) is 11.8 Å². The van der Waals surface area contributed by atoms with Gasteiger partial charge >= 0.3 is 5.69 Å². The summed E-state index contributed by atoms with van der Waals surface area (Å²) < 4.78 is 10.6. The molecule has 4 amide bonds. The van der Waals surface area contributed by atoms with Crippen LogP contribution < -0.4 is 21.7 Å². The Hall–Kier alpha value is -4.60. The fourth-order valence-corrected chi connectivity index (χ4v) is 5.82. The molecule has 0 unspecified atom stereocenters. The molecule has 0 aromatic heterocycles. The number of rotatable bonds is 13. The van der Waals surface area contributed by atoms with E-state index in [1.54, 1.807) is 0 Å². The van der Waals surface area contributed by atoms with Crippen molar-refractivity contribution in [1.29, 1.82) is 0 Å². The molecule has 1 aliphatic carbocycles. The average molecular weight is 625 g/mol. The monoisotopic (exact) mass is 624 g/mol. The molecule has 2 saturated heterocycles. The van der Waals surface area contributed by atoms with Gasteiger partial charge in [-0.3, -0.25) is 34.2 Å². The van der Waals surface area contributed by atoms with Crippen molar-refractivity contribution in [3.05, 3.63) is 69.3 Å². The second kappa shape index (κ2) is 14.0. The summed E-state index contributed by atoms with van der Waals surface area (Å²) in [6.45, 7) is 3.76. The first kappa shape index (κ1) is 31.8. The van der Waals surface area contributed by atoms with Gasteiger partial charge in [-0.15, -0.1) is 0 Å². The summed E-state index contributed by atoms with van der Waals surface area (Å²) in [5.74, 6) is -3.56. The zero-order valence-electron chi connectivity index (χ0n) is 24.5. The van der Waals surface area contributed by atoms with E-state index in [1.807, 2.05) is 24.3 Å². The highest BCUT2D eigenvalue weighted by atomic mass is 16.6. The summed E-state index contributed by atoms with van der Waals surface area (Å²) >= 11 is 0. The number of carbonyl (C=O) groups excluding carboxylic acids is 4. The van der Waals surface area contributed by atoms with Crippen molar-refractivity contribution in [2.24, 2.45) is 11.7 Å². The Balaban J connectivity index is 1.25. The number of morpholine rings is 1. The van der Waals surface area contributed by atoms with E-state index in [2.05, 4.69) is 20.9 Å². The minimum absolute atomic E-state index is 0.224. The molecule has 240 valence electrons. The number of nitro benzene ring substituents is 1. The standard InChI is InChI=1S/C30H36N6O9/c31-27(38)24(20-15-18-3-1-2-4-19(18)16-20)34-28(39)21(13-17-5-6-23(37)22(14-17)36(42)43)33-30(41)26-25(45-26)29(40)32-7-8-35-9-11-44-12-10-35/h1-6,14,20-21,24-26,37H,7-13,15-16H2,(H2,31,38)(H,32,40)(H,33,41)(H,34,39)/t21-,24-,25+,26+/m1/s1. The Morgan fingerprint density at radius 3 is 2.33 bits per heavy atom. The number of amides is 4. The van der Waals surface area contributed by atoms with Gasteiger partial charge in [-0.05, 0) is 41.5 Å². The number of aromatic hydroxyl groups is 1. The van der Waals surface area contributed by atoms with Crippen molar-refractivity contribution in [1.82, 2.24) is 20.9 Å². The number of carbonyl (C=O) groups is 4. The van der Waals surface area contributed by atoms with Crippen molar-refractivity contribution in [2.75, 3.05) is 39.4 Å². The van der Waals surface area contributed by atoms with Crippen molar-refractivity contribution >= 4 is 29.3 Å². The molecular weight excluding hydrogens is 588 g/mol. The minimum atomic E-state index is -1.32. The van der Waals surface area contributed by atoms with Gasteiger partial charge < -0.3 is 36.3 Å². The molecule has 0 radical (unpaired) electrons. The Morgan fingerprint density at radius 2 is 1.69 bits per heavy atom. The van der Waals surface area contributed by atoms with Crippen molar-refractivity contribution in [2.45, 2.75) is 43.6 Å². The van der Waals surface area contributed by atoms with Crippen LogP contribution in [0.15, 0.2) is 42.5 Å². The normalized spacial score (nSPS) is 20.8. The number of nitro groups is 1. The third kappa shape index (κ3) is 7.92. The molecule has 2 heterocycles. The van der Waals surface area contributed by atoms with Crippen LogP contribution in [-0.2, 0) is 47.9 Å². The smallest absolute Gasteiger partial charge is 0.310 e. The average Bonchev–Trinajstić information content (AvgIpc) is 3.72. The fourth-order valence-electron chi connectivity index (χ4n) is 5.82. The summed E-state index contributed by atoms with van der Waals surface area (Å²) in [5.41, 5.74) is 7.48. The van der Waals surface area contributed by atoms with Gasteiger partial charge in [-0.25, -0.2) is 0 Å². The van der Waals surface area contributed by atoms with Crippen LogP contribution in [0.25, 0.3) is 0 Å². The fraction of sp³-hybridized carbons (Fsp3) is 0.467. The molecule has 3 aliphatic rings. The number of nitrogens with two attached hydrogens (primary N) is 1. The van der Waals surface area contributed by atoms with Gasteiger partial charge in [0.15, 0.2) is 18.0 Å². The Bertz CT molecular complexity index is 1440. The molecule has 15 nitrogen and oxygen atoms in total. The molecule has 2 aromatic carbocycles. The Morgan fingerprint density at radius 1 is 1.02 bits per heavy atom. The summed E-state index contributed by atoms with van der Waals surface area (Å²) in [7, 11) is 0. The summed E-state index contributed by atoms with van der Waals surface area (Å²) in [4.78, 5) is 64.6. The van der Waals surface area contributed by atoms with E-state index < -0.39 is 64.3 Å². The largest absolute Gasteiger partial charge is 0.502 e. The minimum Gasteiger partial charge on any atom is -0.502 e. The zero-order chi connectivity index (χ0) is 32.1. The van der Waals surface area contributed by atoms with E-state index in [9.17, 15) is 34.4 Å². The van der Waals surface area contributed by atoms with Gasteiger partial charge in [0.1, 0.15) is 12.1 Å². The molecule has 0 spiro atoms. The van der Waals surface area contributed by atoms with Crippen LogP contribution >= 0.6 is 0 Å². The molecule has 2 aromatic rings. The predicted molar refractivity (Wildman–Crippen MR) is 158 cm³/mol. The number of fused-ring (bicyclic) bond motifs is 1. The first-order valence-electron chi connectivity index (χ1n) is 14.8. The van der Waals surface area contributed by atoms with Gasteiger partial charge in [-0.1, -0.05) is 30.3 Å². The number of ether oxygens (including phenoxy) is 2. The van der Waals surface area contributed by atoms with Crippen LogP contribution in [0, 0.1) is 16.0 Å². The summed E-state index contributed by atoms with van der Waals surface area (Å²) in [6.07, 6.45) is -1.37. The lowest BCUT2D eigenvalue weighted by Gasteiger charge is -2.26. The molecule has 6 N–H and O–H groups in total. The lowest BCUT2D eigenvalue weighted by molar-refractivity contribution is -0.385. The van der Waals surface area contributed by atoms with Gasteiger partial charge in [0.05, 0.1) is 18.1 Å². The number of epoxide rings is 1. The third-order valence-corrected chi connectivity index (χ3v) is 8.31. The molecule has 2 aliphatic heterocycles. The molecular formula is C30H36N6O9. The van der Waals surface area contributed by atoms with E-state index in [1.165, 1.54) is 6.07 Å². The highest BCUT2D eigenvalue weighted by Crippen LogP contribution is 2.30. The van der Waals surface area contributed by atoms with Gasteiger partial charge in [0, 0.05) is 38.7 Å². The van der Waals surface area contributed by atoms with Crippen LogP contribution in [0.1, 0.15) is 16.7 Å². The number of phenols is 1. The summed E-state index contributed by atoms with van der Waals surface area (Å²) in [5, 5.41) is 29.2. The molecule has 0 saturated carbocycles. The predicted octanol–water partition coefficient (Wildman–Crippen LogP) is -1.07. The molecule has 2 fully saturated rings. The molecule has 45 heavy (non-hydrogen) atoms. The summed E-state index contributed by atoms with van der Waals surface area (Å²) in [6, 6.07) is 8.89. The van der Waals surface area contributed by atoms with Gasteiger partial charge in [-0.2, -0.15) is 0 Å². The highest BCUT2D eigenvalue weighted by molar-refractivity contribution is 5.97. The van der Waals surface area contributed by atoms with Gasteiger partial charge in [0.25, 0.3) is 11.8 Å². The van der Waals surface area contributed by atoms with Crippen LogP contribution in [0.3, 0.4) is 0 Å². The first-order chi connectivity index (χ1) is 21.6. The molecule has 5 rings (SSSR count). The Kier molecular flexibility index (Phi) is 9.90. The third-order valence-electron chi connectivity index (χ3n) is 8.31. The zero-order valence-corrected chi connectivity index (χ0v) is 24.5. The maximum absolute atomic E-state index is 13.6. The number of benzene rings is 2. The SMILES string of the molecule is NC(=O)[C@H](NC(=O)[C@@H](Cc1ccc(O)c([N+](=O)[O-])c1)NC(=O)[C@H]1O[C@@H]1C(=O)NCCN1CCOCC1)C1Cc2ccccc2C1. The second-order valence-electron chi connectivity index (χ2n) is 11.4. The van der Waals surface area contributed by atoms with Crippen molar-refractivity contribution in [3.8, 4) is 5.75 Å². The molecule has 4 atom stereocenters. The lowest BCUT2D eigenvalue weighted by Crippen LogP contribution is -2.56. The van der Waals surface area contributed by atoms with Crippen LogP contribution in [-0.4, -0.2) is 102 Å². The number of primary amides is 1. The van der Waals surface area contributed by atoms with E-state index in [4.69, 9.17) is 15.2 Å². The molecule has 15 heteroatoms. The first-order valence-corrected chi connectivity index (χ1v) is 14.8. The van der Waals surface area contributed by atoms with Crippen LogP contribution in [0.4, 0.5) is 5.69 Å². The Labute approximate surface area is 258 Å². The topological polar surface area (TPSA) is 219 Å². The maximum Gasteiger partial charge on any atom is 0.310 e. The van der Waals surface area contributed by atoms with Crippen molar-refractivity contribution in [3.63, 3.8) is 0 Å². The van der Waals surface area contributed by atoms with E-state index >= 15 is 0 Å². The number of hydrogen-bond acceptors (Lipinski definition) is 10. The lowest BCUT2D eigenvalue weighted by atomic mass is 9.95. The van der Waals surface area contributed by atoms with Crippen molar-refractivity contribution < 1.29 is 38.7 Å². The number of phenolic OH excluding ortho intramolecular Hbond substituents is 1. The second-order valence-corrected chi connectivity index (χ2v) is 11.4. The van der Waals surface area contributed by atoms with Crippen LogP contribution in [0.2, 0.25) is 0 Å². The number of nitrogens with zero attached hydrogens (tertiary/aromatic N) is 2. The van der Waals surface area contributed by atoms with E-state index in [-0.39, 0.29) is 17.9 Å².